The predicted octanol–water partition coefficient (Wildman–Crippen LogP) is 4.60. The largest absolute Gasteiger partial charge is 0.491 e. The van der Waals surface area contributed by atoms with Gasteiger partial charge in [-0.15, -0.1) is 0 Å². The number of nitriles is 1. The number of amides is 1. The van der Waals surface area contributed by atoms with Crippen LogP contribution in [0.15, 0.2) is 42.0 Å². The van der Waals surface area contributed by atoms with Crippen LogP contribution in [-0.4, -0.2) is 19.6 Å². The van der Waals surface area contributed by atoms with E-state index in [0.29, 0.717) is 34.4 Å². The first-order chi connectivity index (χ1) is 12.5. The van der Waals surface area contributed by atoms with Crippen molar-refractivity contribution in [3.63, 3.8) is 0 Å². The Morgan fingerprint density at radius 2 is 2.08 bits per heavy atom. The molecule has 0 aliphatic heterocycles. The molecule has 0 aliphatic rings. The van der Waals surface area contributed by atoms with E-state index in [1.165, 1.54) is 13.2 Å². The van der Waals surface area contributed by atoms with Gasteiger partial charge in [-0.05, 0) is 49.2 Å². The van der Waals surface area contributed by atoms with Crippen LogP contribution in [0.4, 0.5) is 5.69 Å². The van der Waals surface area contributed by atoms with E-state index in [1.807, 2.05) is 38.1 Å². The summed E-state index contributed by atoms with van der Waals surface area (Å²) >= 11 is 6.21. The molecule has 0 heterocycles. The van der Waals surface area contributed by atoms with Gasteiger partial charge in [0, 0.05) is 5.69 Å². The molecule has 134 valence electrons. The Kier molecular flexibility index (Phi) is 6.65. The van der Waals surface area contributed by atoms with Crippen LogP contribution in [0.3, 0.4) is 0 Å². The van der Waals surface area contributed by atoms with Crippen molar-refractivity contribution in [1.82, 2.24) is 0 Å². The zero-order valence-electron chi connectivity index (χ0n) is 14.8. The number of ether oxygens (including phenoxy) is 2. The maximum atomic E-state index is 12.4. The molecular weight excluding hydrogens is 352 g/mol. The molecule has 1 amide bonds. The Balaban J connectivity index is 2.35. The van der Waals surface area contributed by atoms with Gasteiger partial charge in [-0.3, -0.25) is 4.79 Å². The molecule has 0 atom stereocenters. The first-order valence-corrected chi connectivity index (χ1v) is 8.37. The zero-order chi connectivity index (χ0) is 19.1. The van der Waals surface area contributed by atoms with Crippen molar-refractivity contribution in [1.29, 1.82) is 5.26 Å². The highest BCUT2D eigenvalue weighted by atomic mass is 35.5. The number of anilines is 1. The van der Waals surface area contributed by atoms with Crippen LogP contribution in [-0.2, 0) is 4.79 Å². The fourth-order valence-corrected chi connectivity index (χ4v) is 2.65. The van der Waals surface area contributed by atoms with Crippen molar-refractivity contribution >= 4 is 29.3 Å². The molecule has 0 saturated heterocycles. The van der Waals surface area contributed by atoms with Gasteiger partial charge in [0.25, 0.3) is 5.91 Å². The molecule has 26 heavy (non-hydrogen) atoms. The molecule has 0 aliphatic carbocycles. The van der Waals surface area contributed by atoms with Gasteiger partial charge in [-0.2, -0.15) is 5.26 Å². The third-order valence-corrected chi connectivity index (χ3v) is 3.89. The molecule has 6 heteroatoms. The summed E-state index contributed by atoms with van der Waals surface area (Å²) in [5.41, 5.74) is 2.08. The molecule has 0 fully saturated rings. The lowest BCUT2D eigenvalue weighted by Gasteiger charge is -2.12. The summed E-state index contributed by atoms with van der Waals surface area (Å²) in [6, 6.07) is 12.6. The quantitative estimate of drug-likeness (QED) is 0.595. The van der Waals surface area contributed by atoms with Crippen LogP contribution in [0, 0.1) is 18.3 Å². The number of hydrogen-bond donors (Lipinski definition) is 1. The average molecular weight is 371 g/mol. The topological polar surface area (TPSA) is 71.3 Å². The molecule has 0 radical (unpaired) electrons. The van der Waals surface area contributed by atoms with Crippen molar-refractivity contribution < 1.29 is 14.3 Å². The molecule has 0 bridgehead atoms. The van der Waals surface area contributed by atoms with Gasteiger partial charge in [-0.25, -0.2) is 0 Å². The minimum atomic E-state index is -0.494. The van der Waals surface area contributed by atoms with Crippen molar-refractivity contribution in [3.05, 3.63) is 58.1 Å². The third kappa shape index (κ3) is 4.56. The lowest BCUT2D eigenvalue weighted by atomic mass is 10.1. The van der Waals surface area contributed by atoms with Gasteiger partial charge in [0.15, 0.2) is 11.5 Å². The fourth-order valence-electron chi connectivity index (χ4n) is 2.35. The van der Waals surface area contributed by atoms with Crippen LogP contribution in [0.2, 0.25) is 5.02 Å². The van der Waals surface area contributed by atoms with Gasteiger partial charge >= 0.3 is 0 Å². The summed E-state index contributed by atoms with van der Waals surface area (Å²) < 4.78 is 10.7. The second kappa shape index (κ2) is 8.93. The van der Waals surface area contributed by atoms with E-state index >= 15 is 0 Å². The summed E-state index contributed by atoms with van der Waals surface area (Å²) in [5, 5.41) is 12.5. The summed E-state index contributed by atoms with van der Waals surface area (Å²) in [7, 11) is 1.50. The van der Waals surface area contributed by atoms with Gasteiger partial charge in [0.2, 0.25) is 0 Å². The van der Waals surface area contributed by atoms with E-state index in [9.17, 15) is 10.1 Å². The predicted molar refractivity (Wildman–Crippen MR) is 103 cm³/mol. The first kappa shape index (κ1) is 19.4. The van der Waals surface area contributed by atoms with Crippen molar-refractivity contribution in [3.8, 4) is 17.6 Å². The van der Waals surface area contributed by atoms with E-state index in [2.05, 4.69) is 5.32 Å². The van der Waals surface area contributed by atoms with E-state index in [1.54, 1.807) is 18.2 Å². The summed E-state index contributed by atoms with van der Waals surface area (Å²) in [6.45, 7) is 4.15. The Bertz CT molecular complexity index is 885. The lowest BCUT2D eigenvalue weighted by molar-refractivity contribution is -0.112. The van der Waals surface area contributed by atoms with Crippen molar-refractivity contribution in [2.45, 2.75) is 13.8 Å². The van der Waals surface area contributed by atoms with Crippen LogP contribution >= 0.6 is 11.6 Å². The zero-order valence-corrected chi connectivity index (χ0v) is 15.6. The normalized spacial score (nSPS) is 10.8. The van der Waals surface area contributed by atoms with Crippen molar-refractivity contribution in [2.75, 3.05) is 19.0 Å². The Morgan fingerprint density at radius 1 is 1.35 bits per heavy atom. The standard InChI is InChI=1S/C20H19ClN2O3/c1-4-26-18-11-14(10-16(21)19(18)25-3)9-15(12-22)20(24)23-17-8-6-5-7-13(17)2/h5-11H,4H2,1-3H3,(H,23,24)/b15-9+. The molecule has 5 nitrogen and oxygen atoms in total. The molecule has 0 saturated carbocycles. The maximum absolute atomic E-state index is 12.4. The SMILES string of the molecule is CCOc1cc(/C=C(\C#N)C(=O)Nc2ccccc2C)cc(Cl)c1OC. The number of halogens is 1. The highest BCUT2D eigenvalue weighted by Crippen LogP contribution is 2.37. The number of nitrogens with one attached hydrogen (secondary N) is 1. The number of nitrogens with zero attached hydrogens (tertiary/aromatic N) is 1. The van der Waals surface area contributed by atoms with Crippen LogP contribution in [0.25, 0.3) is 6.08 Å². The number of hydrogen-bond acceptors (Lipinski definition) is 4. The molecular formula is C20H19ClN2O3. The Hall–Kier alpha value is -2.97. The Morgan fingerprint density at radius 3 is 2.69 bits per heavy atom. The number of aryl methyl sites for hydroxylation is 1. The average Bonchev–Trinajstić information content (AvgIpc) is 2.61. The summed E-state index contributed by atoms with van der Waals surface area (Å²) in [4.78, 5) is 12.4. The van der Waals surface area contributed by atoms with Gasteiger partial charge in [0.1, 0.15) is 11.6 Å². The Labute approximate surface area is 157 Å². The van der Waals surface area contributed by atoms with Crippen LogP contribution in [0.1, 0.15) is 18.1 Å². The number of benzene rings is 2. The highest BCUT2D eigenvalue weighted by Gasteiger charge is 2.14. The van der Waals surface area contributed by atoms with E-state index < -0.39 is 5.91 Å². The second-order valence-electron chi connectivity index (χ2n) is 5.41. The van der Waals surface area contributed by atoms with E-state index in [0.717, 1.165) is 5.56 Å². The smallest absolute Gasteiger partial charge is 0.266 e. The molecule has 2 rings (SSSR count). The van der Waals surface area contributed by atoms with Gasteiger partial charge < -0.3 is 14.8 Å². The number of rotatable bonds is 6. The van der Waals surface area contributed by atoms with Crippen molar-refractivity contribution in [2.24, 2.45) is 0 Å². The third-order valence-electron chi connectivity index (χ3n) is 3.61. The number of methoxy groups -OCH3 is 1. The first-order valence-electron chi connectivity index (χ1n) is 7.99. The molecule has 0 unspecified atom stereocenters. The van der Waals surface area contributed by atoms with Crippen LogP contribution < -0.4 is 14.8 Å². The molecule has 0 spiro atoms. The molecule has 0 aromatic heterocycles. The number of para-hydroxylation sites is 1. The summed E-state index contributed by atoms with van der Waals surface area (Å²) in [5.74, 6) is 0.366. The molecule has 1 N–H and O–H groups in total. The van der Waals surface area contributed by atoms with Gasteiger partial charge in [-0.1, -0.05) is 29.8 Å². The minimum absolute atomic E-state index is 0.0445. The number of carbonyl (C=O) groups is 1. The molecule has 2 aromatic rings. The van der Waals surface area contributed by atoms with E-state index in [4.69, 9.17) is 21.1 Å². The monoisotopic (exact) mass is 370 g/mol. The number of carbonyl (C=O) groups excluding carboxylic acids is 1. The van der Waals surface area contributed by atoms with Crippen LogP contribution in [0.5, 0.6) is 11.5 Å². The summed E-state index contributed by atoms with van der Waals surface area (Å²) in [6.07, 6.45) is 1.46. The second-order valence-corrected chi connectivity index (χ2v) is 5.81. The fraction of sp³-hybridized carbons (Fsp3) is 0.200. The minimum Gasteiger partial charge on any atom is -0.491 e. The lowest BCUT2D eigenvalue weighted by Crippen LogP contribution is -2.14. The molecule has 2 aromatic carbocycles. The maximum Gasteiger partial charge on any atom is 0.266 e. The highest BCUT2D eigenvalue weighted by molar-refractivity contribution is 6.32. The van der Waals surface area contributed by atoms with E-state index in [-0.39, 0.29) is 5.57 Å². The van der Waals surface area contributed by atoms with Gasteiger partial charge in [0.05, 0.1) is 18.7 Å².